The number of nitrogens with one attached hydrogen (secondary N) is 1. The lowest BCUT2D eigenvalue weighted by atomic mass is 10.1. The molecule has 0 aromatic heterocycles. The number of anilines is 1. The molecule has 0 saturated carbocycles. The first-order valence-corrected chi connectivity index (χ1v) is 6.41. The average Bonchev–Trinajstić information content (AvgIpc) is 2.46. The Hall–Kier alpha value is -2.55. The number of rotatable bonds is 5. The molecule has 0 heterocycles. The van der Waals surface area contributed by atoms with Crippen LogP contribution in [0.1, 0.15) is 15.9 Å². The Morgan fingerprint density at radius 1 is 1.25 bits per heavy atom. The lowest BCUT2D eigenvalue weighted by molar-refractivity contribution is 0.102. The van der Waals surface area contributed by atoms with Crippen molar-refractivity contribution in [3.63, 3.8) is 0 Å². The lowest BCUT2D eigenvalue weighted by Crippen LogP contribution is -2.13. The van der Waals surface area contributed by atoms with Crippen LogP contribution in [0.25, 0.3) is 0 Å². The van der Waals surface area contributed by atoms with Gasteiger partial charge in [-0.1, -0.05) is 36.9 Å². The van der Waals surface area contributed by atoms with Crippen LogP contribution >= 0.6 is 0 Å². The van der Waals surface area contributed by atoms with Gasteiger partial charge in [0.2, 0.25) is 0 Å². The van der Waals surface area contributed by atoms with Gasteiger partial charge < -0.3 is 10.1 Å². The normalized spacial score (nSPS) is 9.85. The molecule has 0 aliphatic rings. The van der Waals surface area contributed by atoms with Crippen LogP contribution in [0.2, 0.25) is 0 Å². The van der Waals surface area contributed by atoms with E-state index in [1.54, 1.807) is 12.1 Å². The summed E-state index contributed by atoms with van der Waals surface area (Å²) in [5.74, 6) is 0.580. The fraction of sp³-hybridized carbons (Fsp3) is 0.118. The molecular weight excluding hydrogens is 250 g/mol. The van der Waals surface area contributed by atoms with Gasteiger partial charge in [-0.2, -0.15) is 0 Å². The minimum atomic E-state index is -0.121. The number of amides is 1. The van der Waals surface area contributed by atoms with Crippen LogP contribution in [-0.4, -0.2) is 12.5 Å². The van der Waals surface area contributed by atoms with Crippen molar-refractivity contribution in [2.24, 2.45) is 0 Å². The largest absolute Gasteiger partial charge is 0.489 e. The van der Waals surface area contributed by atoms with E-state index >= 15 is 0 Å². The van der Waals surface area contributed by atoms with Crippen LogP contribution in [0, 0.1) is 6.92 Å². The Labute approximate surface area is 118 Å². The molecule has 0 aliphatic heterocycles. The quantitative estimate of drug-likeness (QED) is 0.836. The first-order valence-electron chi connectivity index (χ1n) is 6.41. The molecule has 102 valence electrons. The van der Waals surface area contributed by atoms with Gasteiger partial charge in [-0.05, 0) is 30.7 Å². The first-order chi connectivity index (χ1) is 9.70. The molecule has 0 fully saturated rings. The lowest BCUT2D eigenvalue weighted by Gasteiger charge is -2.09. The molecule has 3 nitrogen and oxygen atoms in total. The highest BCUT2D eigenvalue weighted by Crippen LogP contribution is 2.18. The molecule has 2 aromatic rings. The zero-order chi connectivity index (χ0) is 14.4. The van der Waals surface area contributed by atoms with Crippen LogP contribution in [0.5, 0.6) is 5.75 Å². The van der Waals surface area contributed by atoms with Crippen LogP contribution < -0.4 is 10.1 Å². The van der Waals surface area contributed by atoms with E-state index in [9.17, 15) is 4.79 Å². The molecular formula is C17H17NO2. The number of benzene rings is 2. The number of ether oxygens (including phenoxy) is 1. The first kappa shape index (κ1) is 13.9. The third-order valence-corrected chi connectivity index (χ3v) is 2.85. The zero-order valence-electron chi connectivity index (χ0n) is 11.4. The van der Waals surface area contributed by atoms with Gasteiger partial charge in [0.15, 0.2) is 0 Å². The molecule has 0 unspecified atom stereocenters. The van der Waals surface area contributed by atoms with Gasteiger partial charge in [0.1, 0.15) is 12.4 Å². The zero-order valence-corrected chi connectivity index (χ0v) is 11.4. The maximum absolute atomic E-state index is 12.2. The Kier molecular flexibility index (Phi) is 4.56. The van der Waals surface area contributed by atoms with Crippen molar-refractivity contribution in [2.75, 3.05) is 11.9 Å². The van der Waals surface area contributed by atoms with Crippen molar-refractivity contribution in [3.05, 3.63) is 72.3 Å². The minimum absolute atomic E-state index is 0.121. The second-order valence-electron chi connectivity index (χ2n) is 4.40. The molecule has 1 amide bonds. The van der Waals surface area contributed by atoms with Gasteiger partial charge in [-0.15, -0.1) is 0 Å². The van der Waals surface area contributed by atoms with E-state index in [4.69, 9.17) is 4.74 Å². The van der Waals surface area contributed by atoms with Gasteiger partial charge >= 0.3 is 0 Å². The predicted octanol–water partition coefficient (Wildman–Crippen LogP) is 3.81. The van der Waals surface area contributed by atoms with E-state index in [2.05, 4.69) is 11.9 Å². The standard InChI is InChI=1S/C17H17NO2/c1-3-11-20-15-9-6-8-14(12-15)18-17(19)16-10-5-4-7-13(16)2/h3-10,12H,1,11H2,2H3,(H,18,19). The second-order valence-corrected chi connectivity index (χ2v) is 4.40. The van der Waals surface area contributed by atoms with Crippen molar-refractivity contribution in [2.45, 2.75) is 6.92 Å². The van der Waals surface area contributed by atoms with E-state index in [0.29, 0.717) is 23.6 Å². The molecule has 0 aliphatic carbocycles. The number of aryl methyl sites for hydroxylation is 1. The fourth-order valence-electron chi connectivity index (χ4n) is 1.84. The second kappa shape index (κ2) is 6.57. The minimum Gasteiger partial charge on any atom is -0.489 e. The molecule has 0 radical (unpaired) electrons. The predicted molar refractivity (Wildman–Crippen MR) is 81.3 cm³/mol. The van der Waals surface area contributed by atoms with Crippen molar-refractivity contribution in [1.29, 1.82) is 0 Å². The summed E-state index contributed by atoms with van der Waals surface area (Å²) in [6.07, 6.45) is 1.68. The Balaban J connectivity index is 2.12. The number of hydrogen-bond acceptors (Lipinski definition) is 2. The van der Waals surface area contributed by atoms with Crippen LogP contribution in [0.4, 0.5) is 5.69 Å². The summed E-state index contributed by atoms with van der Waals surface area (Å²) in [4.78, 5) is 12.2. The monoisotopic (exact) mass is 267 g/mol. The molecule has 0 spiro atoms. The van der Waals surface area contributed by atoms with E-state index in [1.165, 1.54) is 0 Å². The molecule has 0 atom stereocenters. The van der Waals surface area contributed by atoms with Crippen molar-refractivity contribution >= 4 is 11.6 Å². The van der Waals surface area contributed by atoms with Crippen molar-refractivity contribution in [3.8, 4) is 5.75 Å². The molecule has 0 bridgehead atoms. The van der Waals surface area contributed by atoms with E-state index in [1.807, 2.05) is 49.4 Å². The van der Waals surface area contributed by atoms with E-state index in [-0.39, 0.29) is 5.91 Å². The Bertz CT molecular complexity index is 620. The molecule has 0 saturated heterocycles. The summed E-state index contributed by atoms with van der Waals surface area (Å²) in [6, 6.07) is 14.8. The van der Waals surface area contributed by atoms with Crippen molar-refractivity contribution < 1.29 is 9.53 Å². The molecule has 2 aromatic carbocycles. The van der Waals surface area contributed by atoms with Crippen LogP contribution in [0.3, 0.4) is 0 Å². The van der Waals surface area contributed by atoms with Crippen LogP contribution in [-0.2, 0) is 0 Å². The van der Waals surface area contributed by atoms with Gasteiger partial charge in [0, 0.05) is 17.3 Å². The summed E-state index contributed by atoms with van der Waals surface area (Å²) in [5, 5.41) is 2.87. The maximum atomic E-state index is 12.2. The maximum Gasteiger partial charge on any atom is 0.255 e. The topological polar surface area (TPSA) is 38.3 Å². The summed E-state index contributed by atoms with van der Waals surface area (Å²) >= 11 is 0. The summed E-state index contributed by atoms with van der Waals surface area (Å²) < 4.78 is 5.44. The molecule has 2 rings (SSSR count). The Morgan fingerprint density at radius 2 is 2.05 bits per heavy atom. The van der Waals surface area contributed by atoms with Gasteiger partial charge in [0.05, 0.1) is 0 Å². The van der Waals surface area contributed by atoms with Crippen molar-refractivity contribution in [1.82, 2.24) is 0 Å². The van der Waals surface area contributed by atoms with E-state index < -0.39 is 0 Å². The van der Waals surface area contributed by atoms with Gasteiger partial charge in [-0.25, -0.2) is 0 Å². The highest BCUT2D eigenvalue weighted by molar-refractivity contribution is 6.05. The van der Waals surface area contributed by atoms with Gasteiger partial charge in [0.25, 0.3) is 5.91 Å². The number of carbonyl (C=O) groups is 1. The summed E-state index contributed by atoms with van der Waals surface area (Å²) in [5.41, 5.74) is 2.33. The molecule has 20 heavy (non-hydrogen) atoms. The number of hydrogen-bond donors (Lipinski definition) is 1. The summed E-state index contributed by atoms with van der Waals surface area (Å²) in [6.45, 7) is 5.96. The SMILES string of the molecule is C=CCOc1cccc(NC(=O)c2ccccc2C)c1. The fourth-order valence-corrected chi connectivity index (χ4v) is 1.84. The third kappa shape index (κ3) is 3.48. The highest BCUT2D eigenvalue weighted by atomic mass is 16.5. The highest BCUT2D eigenvalue weighted by Gasteiger charge is 2.08. The Morgan fingerprint density at radius 3 is 2.80 bits per heavy atom. The summed E-state index contributed by atoms with van der Waals surface area (Å²) in [7, 11) is 0. The molecule has 1 N–H and O–H groups in total. The van der Waals surface area contributed by atoms with E-state index in [0.717, 1.165) is 5.56 Å². The smallest absolute Gasteiger partial charge is 0.255 e. The average molecular weight is 267 g/mol. The third-order valence-electron chi connectivity index (χ3n) is 2.85. The number of carbonyl (C=O) groups excluding carboxylic acids is 1. The molecule has 3 heteroatoms. The van der Waals surface area contributed by atoms with Gasteiger partial charge in [-0.3, -0.25) is 4.79 Å². The van der Waals surface area contributed by atoms with Crippen LogP contribution in [0.15, 0.2) is 61.2 Å².